The molecule has 1 rings (SSSR count). The van der Waals surface area contributed by atoms with Crippen molar-refractivity contribution >= 4 is 0 Å². The second-order valence-corrected chi connectivity index (χ2v) is 4.14. The molecule has 0 aliphatic rings. The number of rotatable bonds is 3. The first-order chi connectivity index (χ1) is 6.97. The van der Waals surface area contributed by atoms with Crippen LogP contribution in [0.4, 0.5) is 0 Å². The van der Waals surface area contributed by atoms with Gasteiger partial charge < -0.3 is 16.6 Å². The molecule has 3 nitrogen and oxygen atoms in total. The number of hydrogen-bond donors (Lipinski definition) is 3. The molecule has 2 unspecified atom stereocenters. The van der Waals surface area contributed by atoms with E-state index in [-0.39, 0.29) is 6.54 Å². The molecule has 3 heteroatoms. The van der Waals surface area contributed by atoms with E-state index in [0.29, 0.717) is 0 Å². The van der Waals surface area contributed by atoms with Gasteiger partial charge in [-0.05, 0) is 37.5 Å². The lowest BCUT2D eigenvalue weighted by Crippen LogP contribution is -2.33. The molecule has 0 radical (unpaired) electrons. The second kappa shape index (κ2) is 4.75. The predicted molar refractivity (Wildman–Crippen MR) is 62.6 cm³/mol. The predicted octanol–water partition coefficient (Wildman–Crippen LogP) is 0.931. The van der Waals surface area contributed by atoms with Crippen molar-refractivity contribution in [2.45, 2.75) is 32.9 Å². The number of aryl methyl sites for hydroxylation is 3. The van der Waals surface area contributed by atoms with Crippen molar-refractivity contribution in [3.63, 3.8) is 0 Å². The lowest BCUT2D eigenvalue weighted by atomic mass is 9.92. The Bertz CT molecular complexity index is 326. The Morgan fingerprint density at radius 3 is 2.07 bits per heavy atom. The van der Waals surface area contributed by atoms with Gasteiger partial charge >= 0.3 is 0 Å². The zero-order chi connectivity index (χ0) is 11.6. The maximum absolute atomic E-state index is 9.65. The van der Waals surface area contributed by atoms with Crippen molar-refractivity contribution in [3.8, 4) is 0 Å². The third kappa shape index (κ3) is 2.56. The van der Waals surface area contributed by atoms with Crippen LogP contribution in [0.25, 0.3) is 0 Å². The first kappa shape index (κ1) is 12.2. The third-order valence-electron chi connectivity index (χ3n) is 2.73. The van der Waals surface area contributed by atoms with Crippen molar-refractivity contribution in [3.05, 3.63) is 34.4 Å². The van der Waals surface area contributed by atoms with Crippen LogP contribution in [-0.2, 0) is 0 Å². The van der Waals surface area contributed by atoms with Crippen LogP contribution in [0.5, 0.6) is 0 Å². The van der Waals surface area contributed by atoms with Gasteiger partial charge in [0, 0.05) is 6.54 Å². The monoisotopic (exact) mass is 208 g/mol. The van der Waals surface area contributed by atoms with Gasteiger partial charge in [-0.2, -0.15) is 0 Å². The quantitative estimate of drug-likeness (QED) is 0.692. The van der Waals surface area contributed by atoms with Gasteiger partial charge in [0.2, 0.25) is 0 Å². The Hall–Kier alpha value is -0.900. The molecular weight excluding hydrogens is 188 g/mol. The summed E-state index contributed by atoms with van der Waals surface area (Å²) in [5.74, 6) is 0. The first-order valence-electron chi connectivity index (χ1n) is 5.18. The Morgan fingerprint density at radius 2 is 1.67 bits per heavy atom. The Balaban J connectivity index is 3.13. The van der Waals surface area contributed by atoms with E-state index in [1.165, 1.54) is 5.56 Å². The molecular formula is C12H20N2O. The maximum Gasteiger partial charge on any atom is 0.0854 e. The summed E-state index contributed by atoms with van der Waals surface area (Å²) in [6.45, 7) is 6.26. The van der Waals surface area contributed by atoms with Crippen molar-refractivity contribution in [1.29, 1.82) is 0 Å². The van der Waals surface area contributed by atoms with E-state index in [1.807, 2.05) is 13.8 Å². The highest BCUT2D eigenvalue weighted by Crippen LogP contribution is 2.23. The third-order valence-corrected chi connectivity index (χ3v) is 2.73. The Morgan fingerprint density at radius 1 is 1.20 bits per heavy atom. The van der Waals surface area contributed by atoms with Gasteiger partial charge in [0.25, 0.3) is 0 Å². The largest absolute Gasteiger partial charge is 0.390 e. The molecule has 5 N–H and O–H groups in total. The van der Waals surface area contributed by atoms with Crippen LogP contribution in [0.1, 0.15) is 28.3 Å². The van der Waals surface area contributed by atoms with E-state index in [9.17, 15) is 5.11 Å². The summed E-state index contributed by atoms with van der Waals surface area (Å²) in [5.41, 5.74) is 15.8. The highest BCUT2D eigenvalue weighted by Gasteiger charge is 2.19. The summed E-state index contributed by atoms with van der Waals surface area (Å²) < 4.78 is 0. The molecule has 1 aromatic rings. The molecule has 0 aliphatic carbocycles. The topological polar surface area (TPSA) is 72.3 Å². The van der Waals surface area contributed by atoms with Crippen LogP contribution in [0.3, 0.4) is 0 Å². The van der Waals surface area contributed by atoms with Gasteiger partial charge in [-0.1, -0.05) is 17.7 Å². The van der Waals surface area contributed by atoms with Crippen LogP contribution in [0.2, 0.25) is 0 Å². The van der Waals surface area contributed by atoms with Gasteiger partial charge in [-0.3, -0.25) is 0 Å². The van der Waals surface area contributed by atoms with E-state index in [2.05, 4.69) is 19.1 Å². The van der Waals surface area contributed by atoms with E-state index >= 15 is 0 Å². The summed E-state index contributed by atoms with van der Waals surface area (Å²) >= 11 is 0. The van der Waals surface area contributed by atoms with E-state index < -0.39 is 12.1 Å². The fourth-order valence-corrected chi connectivity index (χ4v) is 2.06. The van der Waals surface area contributed by atoms with Crippen molar-refractivity contribution in [2.24, 2.45) is 11.5 Å². The molecule has 2 atom stereocenters. The number of aliphatic hydroxyl groups is 1. The normalized spacial score (nSPS) is 15.1. The van der Waals surface area contributed by atoms with Crippen molar-refractivity contribution in [1.82, 2.24) is 0 Å². The lowest BCUT2D eigenvalue weighted by Gasteiger charge is -2.22. The molecule has 0 aromatic heterocycles. The van der Waals surface area contributed by atoms with Crippen LogP contribution < -0.4 is 11.5 Å². The molecule has 0 aliphatic heterocycles. The first-order valence-corrected chi connectivity index (χ1v) is 5.18. The number of aliphatic hydroxyl groups excluding tert-OH is 1. The molecule has 0 saturated heterocycles. The van der Waals surface area contributed by atoms with Crippen molar-refractivity contribution in [2.75, 3.05) is 6.54 Å². The standard InChI is InChI=1S/C12H20N2O/c1-7-4-8(2)11(9(3)5-7)12(14)10(15)6-13/h4-5,10,12,15H,6,13-14H2,1-3H3. The Kier molecular flexibility index (Phi) is 3.85. The van der Waals surface area contributed by atoms with Gasteiger partial charge in [-0.25, -0.2) is 0 Å². The maximum atomic E-state index is 9.65. The Labute approximate surface area is 91.1 Å². The molecule has 0 bridgehead atoms. The summed E-state index contributed by atoms with van der Waals surface area (Å²) in [4.78, 5) is 0. The minimum atomic E-state index is -0.676. The molecule has 84 valence electrons. The average Bonchev–Trinajstić information content (AvgIpc) is 2.14. The zero-order valence-corrected chi connectivity index (χ0v) is 9.62. The van der Waals surface area contributed by atoms with Crippen LogP contribution in [-0.4, -0.2) is 17.8 Å². The molecule has 0 spiro atoms. The summed E-state index contributed by atoms with van der Waals surface area (Å²) in [5, 5.41) is 9.65. The van der Waals surface area contributed by atoms with Crippen molar-refractivity contribution < 1.29 is 5.11 Å². The number of nitrogens with two attached hydrogens (primary N) is 2. The lowest BCUT2D eigenvalue weighted by molar-refractivity contribution is 0.152. The number of hydrogen-bond acceptors (Lipinski definition) is 3. The smallest absolute Gasteiger partial charge is 0.0854 e. The highest BCUT2D eigenvalue weighted by molar-refractivity contribution is 5.40. The zero-order valence-electron chi connectivity index (χ0n) is 9.62. The minimum absolute atomic E-state index is 0.188. The van der Waals surface area contributed by atoms with Crippen LogP contribution >= 0.6 is 0 Å². The molecule has 15 heavy (non-hydrogen) atoms. The summed E-state index contributed by atoms with van der Waals surface area (Å²) in [7, 11) is 0. The SMILES string of the molecule is Cc1cc(C)c(C(N)C(O)CN)c(C)c1. The molecule has 0 saturated carbocycles. The molecule has 0 heterocycles. The second-order valence-electron chi connectivity index (χ2n) is 4.14. The molecule has 0 fully saturated rings. The summed E-state index contributed by atoms with van der Waals surface area (Å²) in [6.07, 6.45) is -0.676. The number of benzene rings is 1. The highest BCUT2D eigenvalue weighted by atomic mass is 16.3. The van der Waals surface area contributed by atoms with Gasteiger partial charge in [-0.15, -0.1) is 0 Å². The van der Waals surface area contributed by atoms with E-state index in [0.717, 1.165) is 16.7 Å². The van der Waals surface area contributed by atoms with E-state index in [1.54, 1.807) is 0 Å². The molecule has 0 amide bonds. The van der Waals surface area contributed by atoms with Gasteiger partial charge in [0.1, 0.15) is 0 Å². The van der Waals surface area contributed by atoms with Crippen LogP contribution in [0.15, 0.2) is 12.1 Å². The van der Waals surface area contributed by atoms with Crippen LogP contribution in [0, 0.1) is 20.8 Å². The van der Waals surface area contributed by atoms with E-state index in [4.69, 9.17) is 11.5 Å². The summed E-state index contributed by atoms with van der Waals surface area (Å²) in [6, 6.07) is 3.76. The fraction of sp³-hybridized carbons (Fsp3) is 0.500. The minimum Gasteiger partial charge on any atom is -0.390 e. The molecule has 1 aromatic carbocycles. The fourth-order valence-electron chi connectivity index (χ4n) is 2.06. The average molecular weight is 208 g/mol. The van der Waals surface area contributed by atoms with Gasteiger partial charge in [0.05, 0.1) is 12.1 Å². The van der Waals surface area contributed by atoms with Gasteiger partial charge in [0.15, 0.2) is 0 Å².